The summed E-state index contributed by atoms with van der Waals surface area (Å²) >= 11 is 0. The lowest BCUT2D eigenvalue weighted by atomic mass is 10.5. The fourth-order valence-corrected chi connectivity index (χ4v) is 0.345. The standard InChI is InChI=1S/C5H8F4O/c6-4(7)1-2-10-3-5(8)9/h4-5H,1-3H2. The van der Waals surface area contributed by atoms with Crippen molar-refractivity contribution in [2.45, 2.75) is 19.3 Å². The molecule has 0 saturated heterocycles. The highest BCUT2D eigenvalue weighted by Crippen LogP contribution is 1.99. The first-order valence-electron chi connectivity index (χ1n) is 2.77. The van der Waals surface area contributed by atoms with E-state index in [9.17, 15) is 17.6 Å². The molecule has 0 aliphatic rings. The van der Waals surface area contributed by atoms with Gasteiger partial charge in [0, 0.05) is 6.42 Å². The summed E-state index contributed by atoms with van der Waals surface area (Å²) in [6, 6.07) is 0. The van der Waals surface area contributed by atoms with E-state index in [4.69, 9.17) is 0 Å². The van der Waals surface area contributed by atoms with Crippen molar-refractivity contribution < 1.29 is 22.3 Å². The van der Waals surface area contributed by atoms with E-state index >= 15 is 0 Å². The van der Waals surface area contributed by atoms with Gasteiger partial charge in [0.05, 0.1) is 6.61 Å². The number of hydrogen-bond donors (Lipinski definition) is 0. The largest absolute Gasteiger partial charge is 0.375 e. The quantitative estimate of drug-likeness (QED) is 0.441. The van der Waals surface area contributed by atoms with Gasteiger partial charge in [-0.1, -0.05) is 0 Å². The molecular weight excluding hydrogens is 152 g/mol. The van der Waals surface area contributed by atoms with Crippen LogP contribution in [0.4, 0.5) is 17.6 Å². The Kier molecular flexibility index (Phi) is 5.29. The van der Waals surface area contributed by atoms with E-state index in [2.05, 4.69) is 4.74 Å². The Morgan fingerprint density at radius 2 is 1.60 bits per heavy atom. The predicted octanol–water partition coefficient (Wildman–Crippen LogP) is 1.92. The maximum absolute atomic E-state index is 11.3. The second-order valence-electron chi connectivity index (χ2n) is 1.65. The molecule has 10 heavy (non-hydrogen) atoms. The van der Waals surface area contributed by atoms with Crippen molar-refractivity contribution in [3.8, 4) is 0 Å². The maximum Gasteiger partial charge on any atom is 0.261 e. The molecule has 0 atom stereocenters. The number of hydrogen-bond acceptors (Lipinski definition) is 1. The first kappa shape index (κ1) is 9.68. The molecule has 0 aliphatic heterocycles. The van der Waals surface area contributed by atoms with Crippen molar-refractivity contribution in [3.63, 3.8) is 0 Å². The van der Waals surface area contributed by atoms with Crippen molar-refractivity contribution >= 4 is 0 Å². The van der Waals surface area contributed by atoms with Gasteiger partial charge in [0.1, 0.15) is 6.61 Å². The molecule has 0 unspecified atom stereocenters. The van der Waals surface area contributed by atoms with E-state index in [0.29, 0.717) is 0 Å². The molecule has 5 heteroatoms. The Bertz CT molecular complexity index is 66.0. The molecule has 0 saturated carbocycles. The monoisotopic (exact) mass is 160 g/mol. The van der Waals surface area contributed by atoms with Crippen LogP contribution in [0.25, 0.3) is 0 Å². The Morgan fingerprint density at radius 1 is 1.00 bits per heavy atom. The van der Waals surface area contributed by atoms with Crippen LogP contribution in [0.2, 0.25) is 0 Å². The first-order valence-corrected chi connectivity index (χ1v) is 2.77. The van der Waals surface area contributed by atoms with Crippen LogP contribution in [0.1, 0.15) is 6.42 Å². The van der Waals surface area contributed by atoms with Gasteiger partial charge in [-0.3, -0.25) is 0 Å². The molecule has 0 amide bonds. The van der Waals surface area contributed by atoms with Crippen molar-refractivity contribution in [3.05, 3.63) is 0 Å². The Labute approximate surface area is 56.0 Å². The maximum atomic E-state index is 11.3. The van der Waals surface area contributed by atoms with Crippen molar-refractivity contribution in [2.75, 3.05) is 13.2 Å². The van der Waals surface area contributed by atoms with Gasteiger partial charge in [-0.25, -0.2) is 17.6 Å². The van der Waals surface area contributed by atoms with E-state index < -0.39 is 25.9 Å². The molecule has 0 N–H and O–H groups in total. The lowest BCUT2D eigenvalue weighted by Gasteiger charge is -2.01. The van der Waals surface area contributed by atoms with Crippen molar-refractivity contribution in [2.24, 2.45) is 0 Å². The summed E-state index contributed by atoms with van der Waals surface area (Å²) in [7, 11) is 0. The highest BCUT2D eigenvalue weighted by molar-refractivity contribution is 4.39. The van der Waals surface area contributed by atoms with Crippen LogP contribution in [0, 0.1) is 0 Å². The molecule has 0 aromatic carbocycles. The molecule has 0 bridgehead atoms. The van der Waals surface area contributed by atoms with Gasteiger partial charge >= 0.3 is 0 Å². The van der Waals surface area contributed by atoms with Gasteiger partial charge in [-0.15, -0.1) is 0 Å². The minimum atomic E-state index is -2.57. The molecule has 0 aromatic heterocycles. The molecule has 0 fully saturated rings. The highest BCUT2D eigenvalue weighted by Gasteiger charge is 2.04. The molecule has 0 rings (SSSR count). The number of rotatable bonds is 5. The third-order valence-corrected chi connectivity index (χ3v) is 0.724. The predicted molar refractivity (Wildman–Crippen MR) is 27.4 cm³/mol. The molecule has 0 aliphatic carbocycles. The van der Waals surface area contributed by atoms with Gasteiger partial charge in [-0.2, -0.15) is 0 Å². The van der Waals surface area contributed by atoms with Crippen LogP contribution in [0.15, 0.2) is 0 Å². The van der Waals surface area contributed by atoms with Crippen LogP contribution in [-0.4, -0.2) is 26.1 Å². The summed E-state index contributed by atoms with van der Waals surface area (Å²) in [5, 5.41) is 0. The van der Waals surface area contributed by atoms with E-state index in [0.717, 1.165) is 0 Å². The fourth-order valence-electron chi connectivity index (χ4n) is 0.345. The second-order valence-corrected chi connectivity index (χ2v) is 1.65. The van der Waals surface area contributed by atoms with E-state index in [-0.39, 0.29) is 6.61 Å². The minimum absolute atomic E-state index is 0.304. The van der Waals surface area contributed by atoms with Gasteiger partial charge in [0.25, 0.3) is 6.43 Å². The summed E-state index contributed by atoms with van der Waals surface area (Å²) in [5.74, 6) is 0. The normalized spacial score (nSPS) is 11.4. The molecule has 0 spiro atoms. The second kappa shape index (κ2) is 5.46. The van der Waals surface area contributed by atoms with Gasteiger partial charge in [0.2, 0.25) is 6.43 Å². The number of ether oxygens (including phenoxy) is 1. The van der Waals surface area contributed by atoms with Crippen LogP contribution in [-0.2, 0) is 4.74 Å². The zero-order valence-corrected chi connectivity index (χ0v) is 5.20. The van der Waals surface area contributed by atoms with Gasteiger partial charge in [0.15, 0.2) is 0 Å². The van der Waals surface area contributed by atoms with Crippen LogP contribution >= 0.6 is 0 Å². The van der Waals surface area contributed by atoms with Gasteiger partial charge < -0.3 is 4.74 Å². The number of alkyl halides is 4. The molecule has 0 heterocycles. The van der Waals surface area contributed by atoms with E-state index in [1.807, 2.05) is 0 Å². The molecular formula is C5H8F4O. The lowest BCUT2D eigenvalue weighted by molar-refractivity contribution is 0.000600. The van der Waals surface area contributed by atoms with Crippen LogP contribution in [0.3, 0.4) is 0 Å². The summed E-state index contributed by atoms with van der Waals surface area (Å²) < 4.78 is 49.3. The lowest BCUT2D eigenvalue weighted by Crippen LogP contribution is -2.07. The van der Waals surface area contributed by atoms with Crippen molar-refractivity contribution in [1.82, 2.24) is 0 Å². The molecule has 62 valence electrons. The summed E-state index contributed by atoms with van der Waals surface area (Å²) in [5.41, 5.74) is 0. The Hall–Kier alpha value is -0.320. The average Bonchev–Trinajstić information content (AvgIpc) is 1.79. The fraction of sp³-hybridized carbons (Fsp3) is 1.00. The third-order valence-electron chi connectivity index (χ3n) is 0.724. The van der Waals surface area contributed by atoms with Crippen LogP contribution in [0.5, 0.6) is 0 Å². The zero-order chi connectivity index (χ0) is 7.98. The van der Waals surface area contributed by atoms with E-state index in [1.165, 1.54) is 0 Å². The third kappa shape index (κ3) is 7.68. The Balaban J connectivity index is 2.91. The Morgan fingerprint density at radius 3 is 2.00 bits per heavy atom. The SMILES string of the molecule is FC(F)CCOCC(F)F. The number of halogens is 4. The molecule has 1 nitrogen and oxygen atoms in total. The summed E-state index contributed by atoms with van der Waals surface area (Å²) in [4.78, 5) is 0. The topological polar surface area (TPSA) is 9.23 Å². The first-order chi connectivity index (χ1) is 4.63. The molecule has 0 radical (unpaired) electrons. The average molecular weight is 160 g/mol. The van der Waals surface area contributed by atoms with Crippen molar-refractivity contribution in [1.29, 1.82) is 0 Å². The van der Waals surface area contributed by atoms with Gasteiger partial charge in [-0.05, 0) is 0 Å². The molecule has 0 aromatic rings. The smallest absolute Gasteiger partial charge is 0.261 e. The highest BCUT2D eigenvalue weighted by atomic mass is 19.3. The zero-order valence-electron chi connectivity index (χ0n) is 5.20. The van der Waals surface area contributed by atoms with Crippen LogP contribution < -0.4 is 0 Å². The summed E-state index contributed by atoms with van der Waals surface area (Å²) in [6.45, 7) is -1.06. The minimum Gasteiger partial charge on any atom is -0.375 e. The summed E-state index contributed by atoms with van der Waals surface area (Å²) in [6.07, 6.45) is -5.53. The van der Waals surface area contributed by atoms with E-state index in [1.54, 1.807) is 0 Å².